The van der Waals surface area contributed by atoms with Gasteiger partial charge in [-0.3, -0.25) is 0 Å². The molecule has 0 unspecified atom stereocenters. The van der Waals surface area contributed by atoms with Gasteiger partial charge in [0.2, 0.25) is 5.95 Å². The van der Waals surface area contributed by atoms with Crippen molar-refractivity contribution in [2.45, 2.75) is 10.5 Å². The Morgan fingerprint density at radius 3 is 2.13 bits per heavy atom. The van der Waals surface area contributed by atoms with Crippen LogP contribution in [0.15, 0.2) is 12.3 Å². The van der Waals surface area contributed by atoms with Crippen molar-refractivity contribution in [3.05, 3.63) is 28.8 Å². The normalized spacial score (nSPS) is 13.0. The number of hydrogen-bond donors (Lipinski definition) is 0. The Hall–Kier alpha value is -0.260. The van der Waals surface area contributed by atoms with Crippen molar-refractivity contribution in [2.24, 2.45) is 0 Å². The highest BCUT2D eigenvalue weighted by atomic mass is 35.5. The molecule has 1 aromatic heterocycles. The van der Waals surface area contributed by atoms with E-state index in [0.717, 1.165) is 0 Å². The number of hydrogen-bond acceptors (Lipinski definition) is 1. The summed E-state index contributed by atoms with van der Waals surface area (Å²) in [5, 5.41) is -0.676. The van der Waals surface area contributed by atoms with E-state index in [1.54, 1.807) is 0 Å². The second kappa shape index (κ2) is 3.96. The van der Waals surface area contributed by atoms with Gasteiger partial charge in [-0.25, -0.2) is 9.37 Å². The molecule has 0 aromatic carbocycles. The van der Waals surface area contributed by atoms with Gasteiger partial charge in [-0.15, -0.1) is 0 Å². The molecule has 1 rings (SSSR count). The molecule has 0 aliphatic carbocycles. The van der Waals surface area contributed by atoms with Crippen LogP contribution in [0.5, 0.6) is 0 Å². The summed E-state index contributed by atoms with van der Waals surface area (Å²) in [4.78, 5) is 2.90. The summed E-state index contributed by atoms with van der Waals surface area (Å²) >= 11 is 14.5. The molecular weight excluding hydrogens is 280 g/mol. The summed E-state index contributed by atoms with van der Waals surface area (Å²) in [6.07, 6.45) is 0.403. The molecule has 15 heavy (non-hydrogen) atoms. The van der Waals surface area contributed by atoms with Crippen molar-refractivity contribution in [1.82, 2.24) is 4.98 Å². The number of aromatic nitrogens is 1. The summed E-state index contributed by atoms with van der Waals surface area (Å²) in [5.41, 5.74) is -1.01. The molecule has 1 aromatic rings. The zero-order chi connectivity index (χ0) is 11.9. The molecule has 0 amide bonds. The molecule has 0 fully saturated rings. The zero-order valence-electron chi connectivity index (χ0n) is 6.75. The number of nitrogens with zero attached hydrogens (tertiary/aromatic N) is 1. The van der Waals surface area contributed by atoms with Gasteiger partial charge in [-0.05, 0) is 6.07 Å². The van der Waals surface area contributed by atoms with Crippen molar-refractivity contribution < 1.29 is 17.6 Å². The smallest absolute Gasteiger partial charge is 0.226 e. The zero-order valence-corrected chi connectivity index (χ0v) is 9.02. The monoisotopic (exact) mass is 281 g/mol. The van der Waals surface area contributed by atoms with Crippen LogP contribution in [0, 0.1) is 5.95 Å². The number of alkyl halides is 5. The van der Waals surface area contributed by atoms with Crippen molar-refractivity contribution in [2.75, 3.05) is 0 Å². The first kappa shape index (κ1) is 12.8. The minimum atomic E-state index is -4.24. The summed E-state index contributed by atoms with van der Waals surface area (Å²) in [7, 11) is 0. The fraction of sp³-hybridized carbons (Fsp3) is 0.286. The van der Waals surface area contributed by atoms with Crippen molar-refractivity contribution in [3.63, 3.8) is 0 Å². The van der Waals surface area contributed by atoms with Gasteiger partial charge in [-0.2, -0.15) is 13.2 Å². The van der Waals surface area contributed by atoms with E-state index in [0.29, 0.717) is 12.3 Å². The Labute approximate surface area is 97.0 Å². The molecule has 0 N–H and O–H groups in total. The van der Waals surface area contributed by atoms with Crippen LogP contribution in [0.2, 0.25) is 5.02 Å². The summed E-state index contributed by atoms with van der Waals surface area (Å²) in [6, 6.07) is 0.503. The van der Waals surface area contributed by atoms with Crippen LogP contribution in [0.25, 0.3) is 0 Å². The van der Waals surface area contributed by atoms with E-state index in [-0.39, 0.29) is 0 Å². The minimum absolute atomic E-state index is 0.403. The first-order chi connectivity index (χ1) is 6.66. The Morgan fingerprint density at radius 1 is 1.20 bits per heavy atom. The maximum Gasteiger partial charge on any atom is 0.336 e. The van der Waals surface area contributed by atoms with Gasteiger partial charge in [0.25, 0.3) is 0 Å². The lowest BCUT2D eigenvalue weighted by atomic mass is 10.1. The van der Waals surface area contributed by atoms with Crippen LogP contribution in [0.3, 0.4) is 0 Å². The van der Waals surface area contributed by atoms with E-state index in [1.165, 1.54) is 0 Å². The molecule has 0 bridgehead atoms. The van der Waals surface area contributed by atoms with Gasteiger partial charge < -0.3 is 0 Å². The molecule has 0 radical (unpaired) electrons. The quantitative estimate of drug-likeness (QED) is 0.453. The highest BCUT2D eigenvalue weighted by Crippen LogP contribution is 2.47. The van der Waals surface area contributed by atoms with Crippen LogP contribution >= 0.6 is 34.8 Å². The highest BCUT2D eigenvalue weighted by Gasteiger charge is 2.54. The molecule has 0 aliphatic heterocycles. The van der Waals surface area contributed by atoms with Crippen LogP contribution in [0.4, 0.5) is 17.6 Å². The fourth-order valence-electron chi connectivity index (χ4n) is 0.757. The van der Waals surface area contributed by atoms with Crippen LogP contribution in [0.1, 0.15) is 5.56 Å². The molecule has 0 saturated heterocycles. The van der Waals surface area contributed by atoms with Gasteiger partial charge in [0.15, 0.2) is 0 Å². The first-order valence-corrected chi connectivity index (χ1v) is 4.55. The SMILES string of the molecule is Fc1ncc(C(F)(F)C(F)(Cl)Cl)cc1Cl. The Kier molecular flexibility index (Phi) is 3.38. The number of halogens is 7. The third kappa shape index (κ3) is 2.46. The van der Waals surface area contributed by atoms with Gasteiger partial charge >= 0.3 is 10.5 Å². The molecule has 0 saturated carbocycles. The van der Waals surface area contributed by atoms with Crippen LogP contribution in [-0.2, 0) is 5.92 Å². The molecule has 0 aliphatic rings. The first-order valence-electron chi connectivity index (χ1n) is 3.42. The number of rotatable bonds is 2. The standard InChI is InChI=1S/C7H2Cl3F4N/c8-4-1-3(2-15-5(4)11)6(12,13)7(9,10)14/h1-2H. The largest absolute Gasteiger partial charge is 0.336 e. The van der Waals surface area contributed by atoms with Crippen molar-refractivity contribution in [1.29, 1.82) is 0 Å². The maximum absolute atomic E-state index is 13.1. The molecular formula is C7H2Cl3F4N. The highest BCUT2D eigenvalue weighted by molar-refractivity contribution is 6.47. The average Bonchev–Trinajstić information content (AvgIpc) is 2.07. The topological polar surface area (TPSA) is 12.9 Å². The summed E-state index contributed by atoms with van der Waals surface area (Å²) in [5.74, 6) is -5.38. The van der Waals surface area contributed by atoms with E-state index < -0.39 is 27.0 Å². The molecule has 1 nitrogen and oxygen atoms in total. The summed E-state index contributed by atoms with van der Waals surface area (Å²) < 4.78 is 47.6. The van der Waals surface area contributed by atoms with Crippen molar-refractivity contribution >= 4 is 34.8 Å². The lowest BCUT2D eigenvalue weighted by molar-refractivity contribution is -0.0653. The van der Waals surface area contributed by atoms with Crippen LogP contribution in [-0.4, -0.2) is 9.57 Å². The second-order valence-electron chi connectivity index (χ2n) is 2.57. The Morgan fingerprint density at radius 2 is 1.73 bits per heavy atom. The average molecular weight is 282 g/mol. The number of pyridine rings is 1. The Bertz CT molecular complexity index is 377. The van der Waals surface area contributed by atoms with Crippen LogP contribution < -0.4 is 0 Å². The molecule has 8 heteroatoms. The van der Waals surface area contributed by atoms with Gasteiger partial charge in [0.1, 0.15) is 0 Å². The van der Waals surface area contributed by atoms with E-state index in [9.17, 15) is 17.6 Å². The van der Waals surface area contributed by atoms with Gasteiger partial charge in [-0.1, -0.05) is 34.8 Å². The van der Waals surface area contributed by atoms with E-state index in [2.05, 4.69) is 28.2 Å². The molecule has 0 atom stereocenters. The van der Waals surface area contributed by atoms with Gasteiger partial charge in [0.05, 0.1) is 5.02 Å². The Balaban J connectivity index is 3.22. The van der Waals surface area contributed by atoms with Crippen molar-refractivity contribution in [3.8, 4) is 0 Å². The minimum Gasteiger partial charge on any atom is -0.226 e. The van der Waals surface area contributed by atoms with Gasteiger partial charge in [0, 0.05) is 11.8 Å². The maximum atomic E-state index is 13.1. The second-order valence-corrected chi connectivity index (χ2v) is 4.21. The lowest BCUT2D eigenvalue weighted by Gasteiger charge is -2.22. The van der Waals surface area contributed by atoms with E-state index in [4.69, 9.17) is 11.6 Å². The fourth-order valence-corrected chi connectivity index (χ4v) is 1.14. The third-order valence-electron chi connectivity index (χ3n) is 1.51. The molecule has 0 spiro atoms. The van der Waals surface area contributed by atoms with E-state index in [1.807, 2.05) is 0 Å². The predicted molar refractivity (Wildman–Crippen MR) is 48.6 cm³/mol. The van der Waals surface area contributed by atoms with E-state index >= 15 is 0 Å². The predicted octanol–water partition coefficient (Wildman–Crippen LogP) is 4.07. The lowest BCUT2D eigenvalue weighted by Crippen LogP contribution is -2.31. The molecule has 1 heterocycles. The molecule has 84 valence electrons. The summed E-state index contributed by atoms with van der Waals surface area (Å²) in [6.45, 7) is 0. The third-order valence-corrected chi connectivity index (χ3v) is 2.25.